The molecule has 0 aromatic heterocycles. The van der Waals surface area contributed by atoms with E-state index in [2.05, 4.69) is 20.8 Å². The van der Waals surface area contributed by atoms with Gasteiger partial charge in [-0.15, -0.1) is 0 Å². The van der Waals surface area contributed by atoms with Crippen LogP contribution in [-0.2, 0) is 15.3 Å². The van der Waals surface area contributed by atoms with Gasteiger partial charge in [-0.25, -0.2) is 0 Å². The Bertz CT molecular complexity index is 505. The highest BCUT2D eigenvalue weighted by Gasteiger charge is 2.37. The fourth-order valence-corrected chi connectivity index (χ4v) is 3.39. The van der Waals surface area contributed by atoms with Gasteiger partial charge < -0.3 is 19.7 Å². The lowest BCUT2D eigenvalue weighted by Gasteiger charge is -2.35. The molecule has 0 aliphatic rings. The summed E-state index contributed by atoms with van der Waals surface area (Å²) in [5, 5.41) is 20.6. The summed E-state index contributed by atoms with van der Waals surface area (Å²) in [4.78, 5) is 0. The monoisotopic (exact) mass is 394 g/mol. The fraction of sp³-hybridized carbons (Fsp3) is 0.750. The summed E-state index contributed by atoms with van der Waals surface area (Å²) in [6.07, 6.45) is 13.1. The first-order valence-corrected chi connectivity index (χ1v) is 11.4. The lowest BCUT2D eigenvalue weighted by Crippen LogP contribution is -2.34. The van der Waals surface area contributed by atoms with Gasteiger partial charge in [0.1, 0.15) is 0 Å². The van der Waals surface area contributed by atoms with Gasteiger partial charge in [0.05, 0.1) is 18.8 Å². The van der Waals surface area contributed by atoms with Crippen LogP contribution >= 0.6 is 0 Å². The molecule has 1 rings (SSSR count). The largest absolute Gasteiger partial charge is 0.504 e. The summed E-state index contributed by atoms with van der Waals surface area (Å²) < 4.78 is 12.6. The van der Waals surface area contributed by atoms with E-state index in [1.54, 1.807) is 6.07 Å². The molecule has 2 N–H and O–H groups in total. The molecular weight excluding hydrogens is 352 g/mol. The number of phenols is 2. The number of unbranched alkanes of at least 4 members (excludes halogenated alkanes) is 8. The molecule has 0 unspecified atom stereocenters. The minimum Gasteiger partial charge on any atom is -0.504 e. The van der Waals surface area contributed by atoms with Gasteiger partial charge in [-0.05, 0) is 31.4 Å². The van der Waals surface area contributed by atoms with Crippen LogP contribution in [0.25, 0.3) is 0 Å². The summed E-state index contributed by atoms with van der Waals surface area (Å²) in [7, 11) is 0. The molecule has 0 spiro atoms. The summed E-state index contributed by atoms with van der Waals surface area (Å²) in [6, 6.07) is 5.06. The van der Waals surface area contributed by atoms with Gasteiger partial charge in [0.25, 0.3) is 0 Å². The summed E-state index contributed by atoms with van der Waals surface area (Å²) in [5.41, 5.74) is 0.547. The molecule has 0 saturated carbocycles. The highest BCUT2D eigenvalue weighted by atomic mass is 16.7. The normalized spacial score (nSPS) is 11.8. The van der Waals surface area contributed by atoms with Crippen LogP contribution in [0.1, 0.15) is 103 Å². The van der Waals surface area contributed by atoms with Crippen LogP contribution in [0.5, 0.6) is 11.5 Å². The molecule has 0 bridgehead atoms. The van der Waals surface area contributed by atoms with Gasteiger partial charge in [0.15, 0.2) is 17.3 Å². The first kappa shape index (κ1) is 24.8. The van der Waals surface area contributed by atoms with Crippen molar-refractivity contribution < 1.29 is 19.7 Å². The summed E-state index contributed by atoms with van der Waals surface area (Å²) in [5.74, 6) is -1.24. The Kier molecular flexibility index (Phi) is 13.0. The predicted octanol–water partition coefficient (Wildman–Crippen LogP) is 7.02. The van der Waals surface area contributed by atoms with Crippen LogP contribution in [-0.4, -0.2) is 23.4 Å². The third kappa shape index (κ3) is 8.40. The Morgan fingerprint density at radius 1 is 0.714 bits per heavy atom. The van der Waals surface area contributed by atoms with E-state index in [1.165, 1.54) is 38.2 Å². The maximum Gasteiger partial charge on any atom is 0.198 e. The number of hydrogen-bond donors (Lipinski definition) is 2. The standard InChI is InChI=1S/C24H42O4/c1-4-7-10-11-12-13-14-18-24(27-19-8-5-2,28-20-9-6-3)21-16-15-17-22(25)23(21)26/h15-17,25-26H,4-14,18-20H2,1-3H3. The van der Waals surface area contributed by atoms with E-state index in [0.717, 1.165) is 38.5 Å². The molecule has 4 heteroatoms. The SMILES string of the molecule is CCCCCCCCCC(OCCCC)(OCCCC)c1cccc(O)c1O. The van der Waals surface area contributed by atoms with E-state index >= 15 is 0 Å². The molecule has 1 aromatic rings. The van der Waals surface area contributed by atoms with Crippen molar-refractivity contribution in [2.45, 2.75) is 104 Å². The molecule has 0 aliphatic heterocycles. The minimum atomic E-state index is -0.990. The van der Waals surface area contributed by atoms with E-state index in [4.69, 9.17) is 9.47 Å². The van der Waals surface area contributed by atoms with Crippen molar-refractivity contribution in [3.8, 4) is 11.5 Å². The Morgan fingerprint density at radius 3 is 1.82 bits per heavy atom. The maximum absolute atomic E-state index is 10.5. The molecule has 0 saturated heterocycles. The Hall–Kier alpha value is -1.26. The van der Waals surface area contributed by atoms with Crippen molar-refractivity contribution in [2.24, 2.45) is 0 Å². The topological polar surface area (TPSA) is 58.9 Å². The van der Waals surface area contributed by atoms with Crippen molar-refractivity contribution in [3.05, 3.63) is 23.8 Å². The van der Waals surface area contributed by atoms with Gasteiger partial charge in [-0.1, -0.05) is 78.2 Å². The highest BCUT2D eigenvalue weighted by Crippen LogP contribution is 2.42. The van der Waals surface area contributed by atoms with Crippen molar-refractivity contribution in [1.29, 1.82) is 0 Å². The van der Waals surface area contributed by atoms with Gasteiger partial charge >= 0.3 is 0 Å². The van der Waals surface area contributed by atoms with E-state index in [0.29, 0.717) is 25.2 Å². The molecule has 0 amide bonds. The van der Waals surface area contributed by atoms with Gasteiger partial charge in [-0.3, -0.25) is 0 Å². The average molecular weight is 395 g/mol. The Morgan fingerprint density at radius 2 is 1.25 bits per heavy atom. The molecular formula is C24H42O4. The number of aromatic hydroxyl groups is 2. The zero-order valence-corrected chi connectivity index (χ0v) is 18.3. The number of hydrogen-bond acceptors (Lipinski definition) is 4. The van der Waals surface area contributed by atoms with Crippen molar-refractivity contribution in [3.63, 3.8) is 0 Å². The van der Waals surface area contributed by atoms with Crippen LogP contribution < -0.4 is 0 Å². The number of rotatable bonds is 17. The lowest BCUT2D eigenvalue weighted by molar-refractivity contribution is -0.253. The third-order valence-corrected chi connectivity index (χ3v) is 5.20. The molecule has 1 aromatic carbocycles. The van der Waals surface area contributed by atoms with Gasteiger partial charge in [-0.2, -0.15) is 0 Å². The molecule has 162 valence electrons. The zero-order valence-electron chi connectivity index (χ0n) is 18.3. The van der Waals surface area contributed by atoms with Crippen LogP contribution in [0.15, 0.2) is 18.2 Å². The number of benzene rings is 1. The van der Waals surface area contributed by atoms with Gasteiger partial charge in [0.2, 0.25) is 0 Å². The fourth-order valence-electron chi connectivity index (χ4n) is 3.39. The predicted molar refractivity (Wildman–Crippen MR) is 116 cm³/mol. The van der Waals surface area contributed by atoms with Gasteiger partial charge in [0, 0.05) is 6.42 Å². The molecule has 4 nitrogen and oxygen atoms in total. The molecule has 0 fully saturated rings. The molecule has 0 radical (unpaired) electrons. The van der Waals surface area contributed by atoms with Crippen LogP contribution in [0.3, 0.4) is 0 Å². The smallest absolute Gasteiger partial charge is 0.198 e. The second kappa shape index (κ2) is 14.7. The molecule has 0 heterocycles. The molecule has 0 atom stereocenters. The number of para-hydroxylation sites is 1. The Labute approximate surface area is 172 Å². The maximum atomic E-state index is 10.5. The minimum absolute atomic E-state index is 0.125. The molecule has 28 heavy (non-hydrogen) atoms. The van der Waals surface area contributed by atoms with E-state index in [-0.39, 0.29) is 11.5 Å². The van der Waals surface area contributed by atoms with Crippen LogP contribution in [0, 0.1) is 0 Å². The number of phenolic OH excluding ortho intramolecular Hbond substituents is 2. The lowest BCUT2D eigenvalue weighted by atomic mass is 9.96. The van der Waals surface area contributed by atoms with E-state index in [9.17, 15) is 10.2 Å². The Balaban J connectivity index is 2.91. The second-order valence-electron chi connectivity index (χ2n) is 7.70. The van der Waals surface area contributed by atoms with Crippen LogP contribution in [0.4, 0.5) is 0 Å². The van der Waals surface area contributed by atoms with Crippen LogP contribution in [0.2, 0.25) is 0 Å². The highest BCUT2D eigenvalue weighted by molar-refractivity contribution is 5.46. The quantitative estimate of drug-likeness (QED) is 0.169. The first-order valence-electron chi connectivity index (χ1n) is 11.4. The second-order valence-corrected chi connectivity index (χ2v) is 7.70. The zero-order chi connectivity index (χ0) is 20.7. The van der Waals surface area contributed by atoms with E-state index < -0.39 is 5.79 Å². The van der Waals surface area contributed by atoms with Crippen molar-refractivity contribution in [2.75, 3.05) is 13.2 Å². The summed E-state index contributed by atoms with van der Waals surface area (Å²) >= 11 is 0. The number of ether oxygens (including phenoxy) is 2. The average Bonchev–Trinajstić information content (AvgIpc) is 2.69. The van der Waals surface area contributed by atoms with Crippen molar-refractivity contribution >= 4 is 0 Å². The first-order chi connectivity index (χ1) is 13.6. The van der Waals surface area contributed by atoms with Crippen molar-refractivity contribution in [1.82, 2.24) is 0 Å². The van der Waals surface area contributed by atoms with E-state index in [1.807, 2.05) is 6.07 Å². The third-order valence-electron chi connectivity index (χ3n) is 5.20. The summed E-state index contributed by atoms with van der Waals surface area (Å²) in [6.45, 7) is 7.65. The molecule has 0 aliphatic carbocycles.